The SMILES string of the molecule is CN(CC(C)(C)C)C1(CN)CCCC(C)(C)CC1. The minimum Gasteiger partial charge on any atom is -0.329 e. The maximum Gasteiger partial charge on any atom is 0.0329 e. The molecule has 0 radical (unpaired) electrons. The molecule has 18 heavy (non-hydrogen) atoms. The highest BCUT2D eigenvalue weighted by atomic mass is 15.2. The molecule has 0 aromatic carbocycles. The first-order valence-corrected chi connectivity index (χ1v) is 7.52. The maximum atomic E-state index is 6.17. The van der Waals surface area contributed by atoms with Gasteiger partial charge in [0.15, 0.2) is 0 Å². The van der Waals surface area contributed by atoms with Crippen LogP contribution in [-0.2, 0) is 0 Å². The summed E-state index contributed by atoms with van der Waals surface area (Å²) in [6.45, 7) is 13.7. The molecule has 1 atom stereocenters. The van der Waals surface area contributed by atoms with Gasteiger partial charge in [-0.15, -0.1) is 0 Å². The summed E-state index contributed by atoms with van der Waals surface area (Å²) in [6, 6.07) is 0. The summed E-state index contributed by atoms with van der Waals surface area (Å²) >= 11 is 0. The lowest BCUT2D eigenvalue weighted by molar-refractivity contribution is 0.0698. The third kappa shape index (κ3) is 4.24. The van der Waals surface area contributed by atoms with E-state index in [9.17, 15) is 0 Å². The van der Waals surface area contributed by atoms with Crippen molar-refractivity contribution in [3.63, 3.8) is 0 Å². The molecule has 1 fully saturated rings. The van der Waals surface area contributed by atoms with Crippen molar-refractivity contribution in [2.75, 3.05) is 20.1 Å². The Kier molecular flexibility index (Phi) is 4.88. The van der Waals surface area contributed by atoms with Gasteiger partial charge in [0.25, 0.3) is 0 Å². The first-order valence-electron chi connectivity index (χ1n) is 7.52. The molecule has 0 amide bonds. The lowest BCUT2D eigenvalue weighted by atomic mass is 9.82. The second-order valence-electron chi connectivity index (χ2n) is 8.36. The largest absolute Gasteiger partial charge is 0.329 e. The van der Waals surface area contributed by atoms with Crippen LogP contribution in [0, 0.1) is 10.8 Å². The molecule has 1 aliphatic rings. The van der Waals surface area contributed by atoms with E-state index in [1.54, 1.807) is 0 Å². The van der Waals surface area contributed by atoms with Crippen LogP contribution < -0.4 is 5.73 Å². The van der Waals surface area contributed by atoms with E-state index in [4.69, 9.17) is 5.73 Å². The van der Waals surface area contributed by atoms with Crippen LogP contribution in [-0.4, -0.2) is 30.6 Å². The first-order chi connectivity index (χ1) is 8.10. The summed E-state index contributed by atoms with van der Waals surface area (Å²) < 4.78 is 0. The molecule has 0 heterocycles. The van der Waals surface area contributed by atoms with E-state index in [0.717, 1.165) is 13.1 Å². The molecule has 1 unspecified atom stereocenters. The Labute approximate surface area is 114 Å². The maximum absolute atomic E-state index is 6.17. The monoisotopic (exact) mass is 254 g/mol. The molecule has 108 valence electrons. The number of hydrogen-bond acceptors (Lipinski definition) is 2. The predicted molar refractivity (Wildman–Crippen MR) is 80.7 cm³/mol. The van der Waals surface area contributed by atoms with Gasteiger partial charge in [-0.25, -0.2) is 0 Å². The summed E-state index contributed by atoms with van der Waals surface area (Å²) in [7, 11) is 2.27. The number of rotatable bonds is 3. The molecule has 0 aliphatic heterocycles. The zero-order valence-electron chi connectivity index (χ0n) is 13.5. The van der Waals surface area contributed by atoms with Gasteiger partial charge in [0.2, 0.25) is 0 Å². The number of likely N-dealkylation sites (N-methyl/N-ethyl adjacent to an activating group) is 1. The van der Waals surface area contributed by atoms with Crippen LogP contribution in [0.5, 0.6) is 0 Å². The molecular formula is C16H34N2. The predicted octanol–water partition coefficient (Wildman–Crippen LogP) is 3.65. The molecular weight excluding hydrogens is 220 g/mol. The molecule has 1 saturated carbocycles. The van der Waals surface area contributed by atoms with Gasteiger partial charge in [0.1, 0.15) is 0 Å². The second kappa shape index (κ2) is 5.50. The van der Waals surface area contributed by atoms with Gasteiger partial charge in [-0.05, 0) is 43.6 Å². The van der Waals surface area contributed by atoms with Crippen molar-refractivity contribution in [2.24, 2.45) is 16.6 Å². The van der Waals surface area contributed by atoms with Gasteiger partial charge in [0, 0.05) is 18.6 Å². The zero-order chi connectivity index (χ0) is 14.0. The first kappa shape index (κ1) is 16.0. The highest BCUT2D eigenvalue weighted by Crippen LogP contribution is 2.40. The van der Waals surface area contributed by atoms with Crippen LogP contribution in [0.15, 0.2) is 0 Å². The molecule has 2 heteroatoms. The van der Waals surface area contributed by atoms with E-state index in [1.807, 2.05) is 0 Å². The summed E-state index contributed by atoms with van der Waals surface area (Å²) in [5.41, 5.74) is 7.26. The van der Waals surface area contributed by atoms with E-state index >= 15 is 0 Å². The Bertz CT molecular complexity index is 265. The van der Waals surface area contributed by atoms with Crippen molar-refractivity contribution in [1.29, 1.82) is 0 Å². The molecule has 0 spiro atoms. The van der Waals surface area contributed by atoms with Crippen molar-refractivity contribution < 1.29 is 0 Å². The summed E-state index contributed by atoms with van der Waals surface area (Å²) in [6.07, 6.45) is 6.48. The molecule has 0 saturated heterocycles. The average molecular weight is 254 g/mol. The lowest BCUT2D eigenvalue weighted by Crippen LogP contribution is -2.54. The van der Waals surface area contributed by atoms with Crippen molar-refractivity contribution in [2.45, 2.75) is 72.3 Å². The van der Waals surface area contributed by atoms with Crippen LogP contribution in [0.2, 0.25) is 0 Å². The molecule has 0 bridgehead atoms. The van der Waals surface area contributed by atoms with Crippen LogP contribution in [0.25, 0.3) is 0 Å². The lowest BCUT2D eigenvalue weighted by Gasteiger charge is -2.44. The van der Waals surface area contributed by atoms with Gasteiger partial charge in [-0.3, -0.25) is 4.90 Å². The van der Waals surface area contributed by atoms with Crippen molar-refractivity contribution in [1.82, 2.24) is 4.90 Å². The van der Waals surface area contributed by atoms with Gasteiger partial charge in [-0.1, -0.05) is 41.0 Å². The number of hydrogen-bond donors (Lipinski definition) is 1. The van der Waals surface area contributed by atoms with E-state index < -0.39 is 0 Å². The zero-order valence-corrected chi connectivity index (χ0v) is 13.5. The topological polar surface area (TPSA) is 29.3 Å². The Morgan fingerprint density at radius 3 is 2.17 bits per heavy atom. The van der Waals surface area contributed by atoms with Crippen LogP contribution in [0.3, 0.4) is 0 Å². The third-order valence-corrected chi connectivity index (χ3v) is 4.66. The molecule has 0 aromatic heterocycles. The summed E-state index contributed by atoms with van der Waals surface area (Å²) in [5.74, 6) is 0. The normalized spacial score (nSPS) is 29.3. The highest BCUT2D eigenvalue weighted by molar-refractivity contribution is 4.95. The minimum absolute atomic E-state index is 0.237. The van der Waals surface area contributed by atoms with E-state index in [0.29, 0.717) is 10.8 Å². The standard InChI is InChI=1S/C16H34N2/c1-14(2,3)13-18(6)16(12-17)9-7-8-15(4,5)10-11-16/h7-13,17H2,1-6H3. The fourth-order valence-corrected chi connectivity index (χ4v) is 3.34. The smallest absolute Gasteiger partial charge is 0.0329 e. The minimum atomic E-state index is 0.237. The Morgan fingerprint density at radius 1 is 1.06 bits per heavy atom. The fourth-order valence-electron chi connectivity index (χ4n) is 3.34. The van der Waals surface area contributed by atoms with Crippen molar-refractivity contribution in [3.05, 3.63) is 0 Å². The van der Waals surface area contributed by atoms with Crippen LogP contribution in [0.1, 0.15) is 66.7 Å². The van der Waals surface area contributed by atoms with E-state index in [2.05, 4.69) is 46.6 Å². The quantitative estimate of drug-likeness (QED) is 0.779. The Hall–Kier alpha value is -0.0800. The second-order valence-corrected chi connectivity index (χ2v) is 8.36. The molecule has 1 aliphatic carbocycles. The Balaban J connectivity index is 2.79. The number of nitrogens with zero attached hydrogens (tertiary/aromatic N) is 1. The van der Waals surface area contributed by atoms with Crippen LogP contribution in [0.4, 0.5) is 0 Å². The molecule has 0 aromatic rings. The molecule has 1 rings (SSSR count). The average Bonchev–Trinajstić information content (AvgIpc) is 2.35. The summed E-state index contributed by atoms with van der Waals surface area (Å²) in [5, 5.41) is 0. The number of nitrogens with two attached hydrogens (primary N) is 1. The van der Waals surface area contributed by atoms with Gasteiger partial charge < -0.3 is 5.73 Å². The van der Waals surface area contributed by atoms with E-state index in [1.165, 1.54) is 32.1 Å². The Morgan fingerprint density at radius 2 is 1.67 bits per heavy atom. The fraction of sp³-hybridized carbons (Fsp3) is 1.00. The van der Waals surface area contributed by atoms with Crippen molar-refractivity contribution >= 4 is 0 Å². The van der Waals surface area contributed by atoms with E-state index in [-0.39, 0.29) is 5.54 Å². The molecule has 2 nitrogen and oxygen atoms in total. The molecule has 2 N–H and O–H groups in total. The van der Waals surface area contributed by atoms with Crippen molar-refractivity contribution in [3.8, 4) is 0 Å². The highest BCUT2D eigenvalue weighted by Gasteiger charge is 2.38. The van der Waals surface area contributed by atoms with Gasteiger partial charge >= 0.3 is 0 Å². The van der Waals surface area contributed by atoms with Gasteiger partial charge in [-0.2, -0.15) is 0 Å². The van der Waals surface area contributed by atoms with Crippen LogP contribution >= 0.6 is 0 Å². The third-order valence-electron chi connectivity index (χ3n) is 4.66. The summed E-state index contributed by atoms with van der Waals surface area (Å²) in [4.78, 5) is 2.55. The van der Waals surface area contributed by atoms with Gasteiger partial charge in [0.05, 0.1) is 0 Å².